The minimum Gasteiger partial charge on any atom is -0.469 e. The first-order valence-electron chi connectivity index (χ1n) is 5.16. The number of esters is 1. The Hall–Kier alpha value is -1.64. The van der Waals surface area contributed by atoms with Crippen LogP contribution in [0.5, 0.6) is 0 Å². The molecule has 3 heteroatoms. The van der Waals surface area contributed by atoms with Crippen LogP contribution in [-0.2, 0) is 16.0 Å². The van der Waals surface area contributed by atoms with Crippen LogP contribution in [0.15, 0.2) is 23.8 Å². The second-order valence-corrected chi connectivity index (χ2v) is 3.99. The molecule has 0 aliphatic heterocycles. The lowest BCUT2D eigenvalue weighted by molar-refractivity contribution is -0.139. The van der Waals surface area contributed by atoms with E-state index in [9.17, 15) is 9.18 Å². The molecule has 0 unspecified atom stereocenters. The zero-order chi connectivity index (χ0) is 11.7. The molecule has 0 bridgehead atoms. The molecule has 0 amide bonds. The zero-order valence-corrected chi connectivity index (χ0v) is 9.34. The van der Waals surface area contributed by atoms with Crippen molar-refractivity contribution in [3.63, 3.8) is 0 Å². The third kappa shape index (κ3) is 1.85. The van der Waals surface area contributed by atoms with Crippen LogP contribution in [0.25, 0.3) is 5.57 Å². The van der Waals surface area contributed by atoms with Crippen molar-refractivity contribution in [3.8, 4) is 0 Å². The van der Waals surface area contributed by atoms with E-state index >= 15 is 0 Å². The summed E-state index contributed by atoms with van der Waals surface area (Å²) in [6, 6.07) is 4.72. The first-order chi connectivity index (χ1) is 7.61. The van der Waals surface area contributed by atoms with Gasteiger partial charge in [0, 0.05) is 0 Å². The maximum absolute atomic E-state index is 13.1. The first kappa shape index (κ1) is 10.9. The Morgan fingerprint density at radius 2 is 2.25 bits per heavy atom. The predicted molar refractivity (Wildman–Crippen MR) is 59.3 cm³/mol. The van der Waals surface area contributed by atoms with E-state index in [1.807, 2.05) is 6.92 Å². The average Bonchev–Trinajstić information content (AvgIpc) is 2.55. The highest BCUT2D eigenvalue weighted by atomic mass is 19.1. The Balaban J connectivity index is 2.36. The van der Waals surface area contributed by atoms with Gasteiger partial charge in [-0.2, -0.15) is 0 Å². The molecule has 84 valence electrons. The number of carbonyl (C=O) groups is 1. The van der Waals surface area contributed by atoms with E-state index in [1.165, 1.54) is 19.2 Å². The molecule has 16 heavy (non-hydrogen) atoms. The van der Waals surface area contributed by atoms with Gasteiger partial charge in [0.05, 0.1) is 13.5 Å². The van der Waals surface area contributed by atoms with Crippen LogP contribution in [0, 0.1) is 5.82 Å². The maximum Gasteiger partial charge on any atom is 0.309 e. The monoisotopic (exact) mass is 220 g/mol. The molecule has 0 heterocycles. The maximum atomic E-state index is 13.1. The lowest BCUT2D eigenvalue weighted by Gasteiger charge is -2.05. The summed E-state index contributed by atoms with van der Waals surface area (Å²) in [6.07, 6.45) is 1.01. The van der Waals surface area contributed by atoms with E-state index in [0.29, 0.717) is 0 Å². The molecular formula is C13H13FO2. The Labute approximate surface area is 93.7 Å². The highest BCUT2D eigenvalue weighted by Crippen LogP contribution is 2.35. The van der Waals surface area contributed by atoms with Crippen molar-refractivity contribution in [1.29, 1.82) is 0 Å². The minimum atomic E-state index is -0.286. The van der Waals surface area contributed by atoms with Crippen molar-refractivity contribution in [3.05, 3.63) is 40.7 Å². The van der Waals surface area contributed by atoms with E-state index < -0.39 is 0 Å². The average molecular weight is 220 g/mol. The van der Waals surface area contributed by atoms with Crippen LogP contribution < -0.4 is 0 Å². The third-order valence-corrected chi connectivity index (χ3v) is 2.92. The minimum absolute atomic E-state index is 0.221. The van der Waals surface area contributed by atoms with E-state index in [0.717, 1.165) is 28.7 Å². The van der Waals surface area contributed by atoms with Gasteiger partial charge in [-0.15, -0.1) is 0 Å². The first-order valence-corrected chi connectivity index (χ1v) is 5.16. The number of fused-ring (bicyclic) bond motifs is 1. The van der Waals surface area contributed by atoms with Gasteiger partial charge in [-0.05, 0) is 42.2 Å². The van der Waals surface area contributed by atoms with Crippen LogP contribution in [0.1, 0.15) is 24.5 Å². The standard InChI is InChI=1S/C13H13FO2/c1-8-5-9-3-4-10(14)6-12(9)11(8)7-13(15)16-2/h3-4,6H,5,7H2,1-2H3. The number of carbonyl (C=O) groups excluding carboxylic acids is 1. The van der Waals surface area contributed by atoms with Gasteiger partial charge < -0.3 is 4.74 Å². The summed E-state index contributed by atoms with van der Waals surface area (Å²) in [7, 11) is 1.36. The van der Waals surface area contributed by atoms with Crippen molar-refractivity contribution in [1.82, 2.24) is 0 Å². The zero-order valence-electron chi connectivity index (χ0n) is 9.34. The van der Waals surface area contributed by atoms with Crippen LogP contribution in [0.3, 0.4) is 0 Å². The highest BCUT2D eigenvalue weighted by Gasteiger charge is 2.21. The molecule has 0 aromatic heterocycles. The van der Waals surface area contributed by atoms with Crippen molar-refractivity contribution < 1.29 is 13.9 Å². The van der Waals surface area contributed by atoms with Crippen LogP contribution in [0.2, 0.25) is 0 Å². The lowest BCUT2D eigenvalue weighted by atomic mass is 10.0. The highest BCUT2D eigenvalue weighted by molar-refractivity contribution is 5.89. The van der Waals surface area contributed by atoms with Crippen LogP contribution in [0.4, 0.5) is 4.39 Å². The van der Waals surface area contributed by atoms with Crippen molar-refractivity contribution in [2.24, 2.45) is 0 Å². The molecule has 0 saturated heterocycles. The second-order valence-electron chi connectivity index (χ2n) is 3.99. The van der Waals surface area contributed by atoms with Gasteiger partial charge in [-0.25, -0.2) is 4.39 Å². The number of rotatable bonds is 2. The Kier molecular flexibility index (Phi) is 2.77. The van der Waals surface area contributed by atoms with Crippen molar-refractivity contribution >= 4 is 11.5 Å². The van der Waals surface area contributed by atoms with Gasteiger partial charge in [0.1, 0.15) is 5.82 Å². The number of benzene rings is 1. The number of hydrogen-bond donors (Lipinski definition) is 0. The SMILES string of the molecule is COC(=O)CC1=C(C)Cc2ccc(F)cc21. The molecule has 0 N–H and O–H groups in total. The van der Waals surface area contributed by atoms with E-state index in [1.54, 1.807) is 6.07 Å². The summed E-state index contributed by atoms with van der Waals surface area (Å²) in [6.45, 7) is 1.97. The topological polar surface area (TPSA) is 26.3 Å². The Morgan fingerprint density at radius 1 is 1.50 bits per heavy atom. The normalized spacial score (nSPS) is 13.9. The molecule has 2 rings (SSSR count). The Bertz CT molecular complexity index is 475. The molecule has 0 atom stereocenters. The fourth-order valence-corrected chi connectivity index (χ4v) is 2.07. The molecular weight excluding hydrogens is 207 g/mol. The quantitative estimate of drug-likeness (QED) is 0.716. The predicted octanol–water partition coefficient (Wildman–Crippen LogP) is 2.72. The summed E-state index contributed by atoms with van der Waals surface area (Å²) < 4.78 is 17.8. The molecule has 1 aromatic rings. The van der Waals surface area contributed by atoms with Crippen LogP contribution in [-0.4, -0.2) is 13.1 Å². The number of methoxy groups -OCH3 is 1. The van der Waals surface area contributed by atoms with Gasteiger partial charge in [0.2, 0.25) is 0 Å². The van der Waals surface area contributed by atoms with Gasteiger partial charge in [0.15, 0.2) is 0 Å². The van der Waals surface area contributed by atoms with Gasteiger partial charge in [0.25, 0.3) is 0 Å². The largest absolute Gasteiger partial charge is 0.469 e. The molecule has 0 saturated carbocycles. The Morgan fingerprint density at radius 3 is 2.94 bits per heavy atom. The van der Waals surface area contributed by atoms with Gasteiger partial charge >= 0.3 is 5.97 Å². The molecule has 1 aromatic carbocycles. The smallest absolute Gasteiger partial charge is 0.309 e. The van der Waals surface area contributed by atoms with Gasteiger partial charge in [-0.1, -0.05) is 11.6 Å². The summed E-state index contributed by atoms with van der Waals surface area (Å²) in [5.74, 6) is -0.553. The van der Waals surface area contributed by atoms with E-state index in [2.05, 4.69) is 4.74 Å². The van der Waals surface area contributed by atoms with Crippen LogP contribution >= 0.6 is 0 Å². The fourth-order valence-electron chi connectivity index (χ4n) is 2.07. The second kappa shape index (κ2) is 4.08. The van der Waals surface area contributed by atoms with Crippen molar-refractivity contribution in [2.75, 3.05) is 7.11 Å². The summed E-state index contributed by atoms with van der Waals surface area (Å²) in [5, 5.41) is 0. The number of hydrogen-bond acceptors (Lipinski definition) is 2. The molecule has 1 aliphatic rings. The molecule has 0 radical (unpaired) electrons. The number of ether oxygens (including phenoxy) is 1. The summed E-state index contributed by atoms with van der Waals surface area (Å²) >= 11 is 0. The number of halogens is 1. The molecule has 0 fully saturated rings. The summed E-state index contributed by atoms with van der Waals surface area (Å²) in [5.41, 5.74) is 3.95. The molecule has 2 nitrogen and oxygen atoms in total. The summed E-state index contributed by atoms with van der Waals surface area (Å²) in [4.78, 5) is 11.3. The van der Waals surface area contributed by atoms with E-state index in [4.69, 9.17) is 0 Å². The van der Waals surface area contributed by atoms with E-state index in [-0.39, 0.29) is 18.2 Å². The van der Waals surface area contributed by atoms with Crippen molar-refractivity contribution in [2.45, 2.75) is 19.8 Å². The van der Waals surface area contributed by atoms with Gasteiger partial charge in [-0.3, -0.25) is 4.79 Å². The molecule has 0 spiro atoms. The molecule has 1 aliphatic carbocycles. The third-order valence-electron chi connectivity index (χ3n) is 2.92. The number of allylic oxidation sites excluding steroid dienone is 1. The fraction of sp³-hybridized carbons (Fsp3) is 0.308. The lowest BCUT2D eigenvalue weighted by Crippen LogP contribution is -2.01.